The number of ether oxygens (including phenoxy) is 2. The fourth-order valence-electron chi connectivity index (χ4n) is 2.46. The molecule has 3 nitrogen and oxygen atoms in total. The normalized spacial score (nSPS) is 23.4. The summed E-state index contributed by atoms with van der Waals surface area (Å²) in [7, 11) is 0. The minimum absolute atomic E-state index is 0.124. The van der Waals surface area contributed by atoms with Crippen LogP contribution in [0.3, 0.4) is 0 Å². The second-order valence-electron chi connectivity index (χ2n) is 4.70. The van der Waals surface area contributed by atoms with Gasteiger partial charge >= 0.3 is 0 Å². The molecule has 1 fully saturated rings. The maximum Gasteiger partial charge on any atom is 0.191 e. The molecule has 1 aromatic carbocycles. The van der Waals surface area contributed by atoms with E-state index in [1.165, 1.54) is 5.56 Å². The average molecular weight is 232 g/mol. The monoisotopic (exact) mass is 232 g/mol. The van der Waals surface area contributed by atoms with Crippen molar-refractivity contribution in [1.29, 1.82) is 0 Å². The third-order valence-electron chi connectivity index (χ3n) is 3.48. The third-order valence-corrected chi connectivity index (χ3v) is 3.48. The van der Waals surface area contributed by atoms with Crippen LogP contribution in [0.5, 0.6) is 0 Å². The van der Waals surface area contributed by atoms with Crippen LogP contribution < -0.4 is 0 Å². The molecular weight excluding hydrogens is 216 g/mol. The maximum absolute atomic E-state index is 12.2. The van der Waals surface area contributed by atoms with E-state index in [0.29, 0.717) is 19.8 Å². The number of carbonyl (C=O) groups excluding carboxylic acids is 1. The number of rotatable bonds is 2. The Hall–Kier alpha value is -1.19. The van der Waals surface area contributed by atoms with Crippen molar-refractivity contribution < 1.29 is 14.3 Å². The molecule has 17 heavy (non-hydrogen) atoms. The topological polar surface area (TPSA) is 35.5 Å². The van der Waals surface area contributed by atoms with Crippen LogP contribution in [0.4, 0.5) is 0 Å². The molecule has 0 N–H and O–H groups in total. The molecule has 1 atom stereocenters. The van der Waals surface area contributed by atoms with Crippen molar-refractivity contribution in [2.45, 2.75) is 38.6 Å². The highest BCUT2D eigenvalue weighted by Gasteiger charge is 2.24. The summed E-state index contributed by atoms with van der Waals surface area (Å²) < 4.78 is 10.9. The highest BCUT2D eigenvalue weighted by Crippen LogP contribution is 2.23. The maximum atomic E-state index is 12.2. The van der Waals surface area contributed by atoms with Gasteiger partial charge in [0.25, 0.3) is 0 Å². The van der Waals surface area contributed by atoms with Gasteiger partial charge in [-0.2, -0.15) is 0 Å². The molecule has 0 aromatic heterocycles. The molecule has 2 aliphatic rings. The first-order chi connectivity index (χ1) is 8.34. The fourth-order valence-corrected chi connectivity index (χ4v) is 2.46. The smallest absolute Gasteiger partial charge is 0.191 e. The minimum Gasteiger partial charge on any atom is -0.372 e. The Morgan fingerprint density at radius 1 is 1.18 bits per heavy atom. The number of hydrogen-bond donors (Lipinski definition) is 0. The quantitative estimate of drug-likeness (QED) is 0.735. The van der Waals surface area contributed by atoms with Crippen molar-refractivity contribution in [2.24, 2.45) is 0 Å². The van der Waals surface area contributed by atoms with E-state index in [1.807, 2.05) is 18.2 Å². The second-order valence-corrected chi connectivity index (χ2v) is 4.70. The summed E-state index contributed by atoms with van der Waals surface area (Å²) in [5, 5.41) is 0. The lowest BCUT2D eigenvalue weighted by atomic mass is 9.97. The van der Waals surface area contributed by atoms with Gasteiger partial charge in [0.15, 0.2) is 5.78 Å². The van der Waals surface area contributed by atoms with E-state index in [-0.39, 0.29) is 11.9 Å². The van der Waals surface area contributed by atoms with Crippen LogP contribution in [-0.2, 0) is 22.7 Å². The van der Waals surface area contributed by atoms with Gasteiger partial charge in [0.2, 0.25) is 0 Å². The summed E-state index contributed by atoms with van der Waals surface area (Å²) in [5.41, 5.74) is 3.11. The van der Waals surface area contributed by atoms with E-state index in [2.05, 4.69) is 0 Å². The Kier molecular flexibility index (Phi) is 2.95. The molecule has 0 amide bonds. The second kappa shape index (κ2) is 4.59. The Labute approximate surface area is 101 Å². The molecule has 2 heterocycles. The van der Waals surface area contributed by atoms with Gasteiger partial charge in [-0.3, -0.25) is 4.79 Å². The van der Waals surface area contributed by atoms with Crippen molar-refractivity contribution in [3.8, 4) is 0 Å². The van der Waals surface area contributed by atoms with Crippen molar-refractivity contribution in [2.75, 3.05) is 6.61 Å². The van der Waals surface area contributed by atoms with Gasteiger partial charge in [-0.05, 0) is 36.5 Å². The lowest BCUT2D eigenvalue weighted by Crippen LogP contribution is -2.28. The summed E-state index contributed by atoms with van der Waals surface area (Å²) in [6, 6.07) is 5.86. The number of ketones is 1. The minimum atomic E-state index is -0.232. The van der Waals surface area contributed by atoms with Crippen LogP contribution in [0.2, 0.25) is 0 Å². The van der Waals surface area contributed by atoms with Gasteiger partial charge in [0, 0.05) is 12.2 Å². The summed E-state index contributed by atoms with van der Waals surface area (Å²) in [4.78, 5) is 12.2. The Balaban J connectivity index is 1.81. The molecule has 0 aliphatic carbocycles. The lowest BCUT2D eigenvalue weighted by molar-refractivity contribution is 0.0186. The predicted octanol–water partition coefficient (Wildman–Crippen LogP) is 2.47. The molecule has 1 saturated heterocycles. The van der Waals surface area contributed by atoms with Crippen LogP contribution in [0.25, 0.3) is 0 Å². The van der Waals surface area contributed by atoms with Gasteiger partial charge in [-0.1, -0.05) is 12.1 Å². The van der Waals surface area contributed by atoms with Crippen molar-refractivity contribution >= 4 is 5.78 Å². The molecular formula is C14H16O3. The van der Waals surface area contributed by atoms with Gasteiger partial charge in [-0.25, -0.2) is 0 Å². The number of Topliss-reactive ketones (excluding diaryl/α,β-unsaturated/α-hetero) is 1. The van der Waals surface area contributed by atoms with E-state index in [1.54, 1.807) is 0 Å². The first-order valence-electron chi connectivity index (χ1n) is 6.20. The molecule has 3 heteroatoms. The molecule has 1 aromatic rings. The predicted molar refractivity (Wildman–Crippen MR) is 62.9 cm³/mol. The SMILES string of the molecule is O=C(c1ccc2c(c1)COC2)C1CCCCO1. The summed E-state index contributed by atoms with van der Waals surface area (Å²) in [6.07, 6.45) is 2.78. The lowest BCUT2D eigenvalue weighted by Gasteiger charge is -2.21. The first-order valence-corrected chi connectivity index (χ1v) is 6.20. The zero-order chi connectivity index (χ0) is 11.7. The molecule has 0 spiro atoms. The average Bonchev–Trinajstić information content (AvgIpc) is 2.86. The third kappa shape index (κ3) is 2.13. The van der Waals surface area contributed by atoms with Crippen molar-refractivity contribution in [1.82, 2.24) is 0 Å². The van der Waals surface area contributed by atoms with Crippen molar-refractivity contribution in [3.63, 3.8) is 0 Å². The zero-order valence-corrected chi connectivity index (χ0v) is 9.78. The highest BCUT2D eigenvalue weighted by molar-refractivity contribution is 5.99. The zero-order valence-electron chi connectivity index (χ0n) is 9.78. The molecule has 1 unspecified atom stereocenters. The largest absolute Gasteiger partial charge is 0.372 e. The van der Waals surface area contributed by atoms with Gasteiger partial charge in [-0.15, -0.1) is 0 Å². The molecule has 0 radical (unpaired) electrons. The molecule has 3 rings (SSSR count). The van der Waals surface area contributed by atoms with Crippen molar-refractivity contribution in [3.05, 3.63) is 34.9 Å². The van der Waals surface area contributed by atoms with Crippen LogP contribution >= 0.6 is 0 Å². The van der Waals surface area contributed by atoms with E-state index < -0.39 is 0 Å². The molecule has 0 bridgehead atoms. The van der Waals surface area contributed by atoms with E-state index in [4.69, 9.17) is 9.47 Å². The van der Waals surface area contributed by atoms with Gasteiger partial charge < -0.3 is 9.47 Å². The number of carbonyl (C=O) groups is 1. The highest BCUT2D eigenvalue weighted by atomic mass is 16.5. The standard InChI is InChI=1S/C14H16O3/c15-14(13-3-1-2-6-17-13)10-4-5-11-8-16-9-12(11)7-10/h4-5,7,13H,1-3,6,8-9H2. The Bertz CT molecular complexity index is 433. The van der Waals surface area contributed by atoms with Crippen LogP contribution in [0.1, 0.15) is 40.7 Å². The molecule has 0 saturated carbocycles. The van der Waals surface area contributed by atoms with E-state index in [9.17, 15) is 4.79 Å². The van der Waals surface area contributed by atoms with Crippen LogP contribution in [-0.4, -0.2) is 18.5 Å². The number of hydrogen-bond acceptors (Lipinski definition) is 3. The molecule has 2 aliphatic heterocycles. The summed E-state index contributed by atoms with van der Waals surface area (Å²) >= 11 is 0. The number of fused-ring (bicyclic) bond motifs is 1. The van der Waals surface area contributed by atoms with Crippen LogP contribution in [0, 0.1) is 0 Å². The van der Waals surface area contributed by atoms with E-state index in [0.717, 1.165) is 30.4 Å². The van der Waals surface area contributed by atoms with Gasteiger partial charge in [0.1, 0.15) is 6.10 Å². The van der Waals surface area contributed by atoms with Crippen LogP contribution in [0.15, 0.2) is 18.2 Å². The van der Waals surface area contributed by atoms with E-state index >= 15 is 0 Å². The molecule has 90 valence electrons. The Morgan fingerprint density at radius 3 is 2.88 bits per heavy atom. The number of benzene rings is 1. The fraction of sp³-hybridized carbons (Fsp3) is 0.500. The Morgan fingerprint density at radius 2 is 2.06 bits per heavy atom. The summed E-state index contributed by atoms with van der Waals surface area (Å²) in [5.74, 6) is 0.124. The summed E-state index contributed by atoms with van der Waals surface area (Å²) in [6.45, 7) is 2.01. The first kappa shape index (κ1) is 10.9. The van der Waals surface area contributed by atoms with Gasteiger partial charge in [0.05, 0.1) is 13.2 Å².